The van der Waals surface area contributed by atoms with Crippen LogP contribution in [0.5, 0.6) is 0 Å². The minimum Gasteiger partial charge on any atom is -0.465 e. The topological polar surface area (TPSA) is 124 Å². The first-order valence-corrected chi connectivity index (χ1v) is 18.9. The first-order chi connectivity index (χ1) is 23.8. The normalized spacial score (nSPS) is 36.1. The Morgan fingerprint density at radius 2 is 1.73 bits per heavy atom. The molecule has 0 saturated carbocycles. The number of rotatable bonds is 7. The molecule has 0 bridgehead atoms. The van der Waals surface area contributed by atoms with Gasteiger partial charge in [0.2, 0.25) is 5.91 Å². The van der Waals surface area contributed by atoms with Crippen molar-refractivity contribution in [3.8, 4) is 0 Å². The minimum atomic E-state index is -1.47. The molecule has 1 unspecified atom stereocenters. The number of cyclic esters (lactones) is 1. The third kappa shape index (κ3) is 11.5. The molecule has 3 aliphatic heterocycles. The molecule has 3 aliphatic rings. The van der Waals surface area contributed by atoms with Crippen molar-refractivity contribution in [3.05, 3.63) is 0 Å². The highest BCUT2D eigenvalue weighted by Gasteiger charge is 2.51. The molecule has 51 heavy (non-hydrogen) atoms. The maximum absolute atomic E-state index is 14.3. The van der Waals surface area contributed by atoms with Gasteiger partial charge in [-0.3, -0.25) is 19.3 Å². The van der Waals surface area contributed by atoms with Gasteiger partial charge in [-0.2, -0.15) is 0 Å². The molecule has 1 N–H and O–H groups in total. The Morgan fingerprint density at radius 3 is 2.33 bits per heavy atom. The fourth-order valence-electron chi connectivity index (χ4n) is 8.11. The number of aliphatic hydroxyl groups excluding tert-OH is 1. The summed E-state index contributed by atoms with van der Waals surface area (Å²) in [6.07, 6.45) is 0.191. The van der Waals surface area contributed by atoms with Gasteiger partial charge in [0, 0.05) is 38.7 Å². The molecule has 0 spiro atoms. The number of carbonyl (C=O) groups is 3. The van der Waals surface area contributed by atoms with E-state index >= 15 is 0 Å². The van der Waals surface area contributed by atoms with Crippen LogP contribution in [0.25, 0.3) is 0 Å². The lowest BCUT2D eigenvalue weighted by atomic mass is 9.74. The first-order valence-electron chi connectivity index (χ1n) is 18.9. The summed E-state index contributed by atoms with van der Waals surface area (Å²) in [4.78, 5) is 49.6. The van der Waals surface area contributed by atoms with E-state index in [2.05, 4.69) is 30.5 Å². The number of piperazine rings is 1. The van der Waals surface area contributed by atoms with Gasteiger partial charge in [-0.25, -0.2) is 4.58 Å². The number of esters is 1. The molecule has 3 fully saturated rings. The van der Waals surface area contributed by atoms with Crippen LogP contribution in [0.3, 0.4) is 0 Å². The van der Waals surface area contributed by atoms with Gasteiger partial charge in [0.25, 0.3) is 0 Å². The Kier molecular flexibility index (Phi) is 16.0. The van der Waals surface area contributed by atoms with Crippen LogP contribution in [0, 0.1) is 17.3 Å². The molecule has 0 radical (unpaired) electrons. The predicted molar refractivity (Wildman–Crippen MR) is 197 cm³/mol. The van der Waals surface area contributed by atoms with Crippen LogP contribution in [-0.2, 0) is 33.3 Å². The van der Waals surface area contributed by atoms with Crippen LogP contribution < -0.4 is 0 Å². The van der Waals surface area contributed by atoms with Crippen molar-refractivity contribution in [2.45, 2.75) is 116 Å². The second-order valence-electron chi connectivity index (χ2n) is 16.6. The molecule has 3 heterocycles. The van der Waals surface area contributed by atoms with Crippen molar-refractivity contribution in [1.29, 1.82) is 0 Å². The number of methoxy groups -OCH3 is 1. The fourth-order valence-corrected chi connectivity index (χ4v) is 8.11. The van der Waals surface area contributed by atoms with Crippen molar-refractivity contribution in [2.75, 3.05) is 87.7 Å². The lowest BCUT2D eigenvalue weighted by Gasteiger charge is -2.47. The van der Waals surface area contributed by atoms with E-state index in [1.54, 1.807) is 27.9 Å². The zero-order chi connectivity index (χ0) is 38.3. The zero-order valence-electron chi connectivity index (χ0n) is 33.6. The highest BCUT2D eigenvalue weighted by Crippen LogP contribution is 2.38. The van der Waals surface area contributed by atoms with Gasteiger partial charge in [-0.1, -0.05) is 13.8 Å². The second kappa shape index (κ2) is 18.9. The van der Waals surface area contributed by atoms with Gasteiger partial charge < -0.3 is 38.8 Å². The van der Waals surface area contributed by atoms with Gasteiger partial charge in [0.05, 0.1) is 44.1 Å². The number of hydrogen-bond acceptors (Lipinski definition) is 11. The Morgan fingerprint density at radius 1 is 1.08 bits per heavy atom. The van der Waals surface area contributed by atoms with E-state index in [0.717, 1.165) is 45.7 Å². The van der Waals surface area contributed by atoms with Crippen molar-refractivity contribution in [3.63, 3.8) is 0 Å². The summed E-state index contributed by atoms with van der Waals surface area (Å²) in [5, 5.41) is 11.4. The predicted octanol–water partition coefficient (Wildman–Crippen LogP) is 1.97. The van der Waals surface area contributed by atoms with E-state index < -0.39 is 41.4 Å². The van der Waals surface area contributed by atoms with Crippen LogP contribution in [0.2, 0.25) is 0 Å². The molecule has 1 amide bonds. The molecule has 13 heteroatoms. The van der Waals surface area contributed by atoms with Crippen LogP contribution in [0.15, 0.2) is 0 Å². The molecule has 3 saturated heterocycles. The van der Waals surface area contributed by atoms with Gasteiger partial charge >= 0.3 is 5.97 Å². The van der Waals surface area contributed by atoms with E-state index in [-0.39, 0.29) is 42.4 Å². The third-order valence-electron chi connectivity index (χ3n) is 11.5. The molecule has 0 aromatic rings. The van der Waals surface area contributed by atoms with Crippen molar-refractivity contribution >= 4 is 24.4 Å². The number of hydrogen-bond donors (Lipinski definition) is 1. The average molecular weight is 725 g/mol. The van der Waals surface area contributed by atoms with Crippen LogP contribution in [0.4, 0.5) is 0 Å². The molecule has 294 valence electrons. The second-order valence-corrected chi connectivity index (χ2v) is 16.6. The number of likely N-dealkylation sites (N-methyl/N-ethyl adjacent to an activating group) is 2. The molecule has 0 aliphatic carbocycles. The number of ketones is 1. The molecule has 9 atom stereocenters. The monoisotopic (exact) mass is 725 g/mol. The van der Waals surface area contributed by atoms with E-state index in [1.807, 2.05) is 49.4 Å². The number of aliphatic hydroxyl groups is 1. The fraction of sp³-hybridized carbons (Fsp3) is 0.895. The maximum Gasteiger partial charge on any atom is 0.319 e. The molecule has 0 aromatic heterocycles. The quantitative estimate of drug-likeness (QED) is 0.236. The van der Waals surface area contributed by atoms with Gasteiger partial charge in [0.1, 0.15) is 18.2 Å². The maximum atomic E-state index is 14.3. The Bertz CT molecular complexity index is 1170. The van der Waals surface area contributed by atoms with Gasteiger partial charge in [-0.15, -0.1) is 0 Å². The number of amides is 1. The van der Waals surface area contributed by atoms with Gasteiger partial charge in [-0.05, 0) is 93.4 Å². The van der Waals surface area contributed by atoms with Crippen LogP contribution >= 0.6 is 0 Å². The SMILES string of the molecule is C=[N+]1CCN(CC(=O)N(C)C2CCCOC(=O)C(C)(C)C(=O)[C@H](C)[C@@H](O[C@@H]3O[C@H](C)C[C@H](N(C)C)[C@H]3O)[C@](C)(OC)C[C@@H](C)CN(C)CC2)CC1. The lowest BCUT2D eigenvalue weighted by Crippen LogP contribution is -2.59. The van der Waals surface area contributed by atoms with Gasteiger partial charge in [0.15, 0.2) is 25.2 Å². The average Bonchev–Trinajstić information content (AvgIpc) is 3.07. The summed E-state index contributed by atoms with van der Waals surface area (Å²) < 4.78 is 26.9. The van der Waals surface area contributed by atoms with E-state index in [1.165, 1.54) is 0 Å². The largest absolute Gasteiger partial charge is 0.465 e. The van der Waals surface area contributed by atoms with E-state index in [0.29, 0.717) is 32.2 Å². The number of ether oxygens (including phenoxy) is 4. The van der Waals surface area contributed by atoms with Crippen molar-refractivity contribution < 1.29 is 43.0 Å². The van der Waals surface area contributed by atoms with E-state index in [9.17, 15) is 19.5 Å². The smallest absolute Gasteiger partial charge is 0.319 e. The number of Topliss-reactive ketones (excluding diaryl/α,β-unsaturated/α-hetero) is 1. The summed E-state index contributed by atoms with van der Waals surface area (Å²) in [5.74, 6) is -1.53. The molecule has 3 rings (SSSR count). The minimum absolute atomic E-state index is 0.0363. The summed E-state index contributed by atoms with van der Waals surface area (Å²) in [7, 11) is 9.42. The molecular weight excluding hydrogens is 654 g/mol. The third-order valence-corrected chi connectivity index (χ3v) is 11.5. The molecule has 0 aromatic carbocycles. The Labute approximate surface area is 307 Å². The van der Waals surface area contributed by atoms with Crippen LogP contribution in [0.1, 0.15) is 73.6 Å². The Hall–Kier alpha value is -2.00. The highest BCUT2D eigenvalue weighted by molar-refractivity contribution is 6.04. The number of carbonyl (C=O) groups excluding carboxylic acids is 3. The summed E-state index contributed by atoms with van der Waals surface area (Å²) in [6, 6.07) is -0.235. The van der Waals surface area contributed by atoms with E-state index in [4.69, 9.17) is 18.9 Å². The molecular formula is C38H70N5O8+. The standard InChI is InChI=1S/C38H70N5O8/c1-26-23-38(6,48-12)34(51-35-32(45)30(39(7)8)22-27(2)50-35)28(3)33(46)37(4,5)36(47)49-21-13-14-29(15-16-41(10)24-26)42(11)31(44)25-43-19-17-40(9)18-20-43/h26-30,32,34-35,45H,9,13-25H2,1-8,10-12H3/q+1/t26-,27-,28+,29?,30+,32-,34-,35+,38-/m1/s1. The van der Waals surface area contributed by atoms with Crippen molar-refractivity contribution in [1.82, 2.24) is 19.6 Å². The summed E-state index contributed by atoms with van der Waals surface area (Å²) in [6.45, 7) is 20.4. The Balaban J connectivity index is 1.87. The summed E-state index contributed by atoms with van der Waals surface area (Å²) in [5.41, 5.74) is -2.44. The van der Waals surface area contributed by atoms with Crippen molar-refractivity contribution in [2.24, 2.45) is 17.3 Å². The zero-order valence-corrected chi connectivity index (χ0v) is 33.6. The number of nitrogens with zero attached hydrogens (tertiary/aromatic N) is 5. The molecule has 13 nitrogen and oxygen atoms in total. The first kappa shape index (κ1) is 43.4. The van der Waals surface area contributed by atoms with Crippen LogP contribution in [-0.4, -0.2) is 184 Å². The lowest BCUT2D eigenvalue weighted by molar-refractivity contribution is -0.531. The highest BCUT2D eigenvalue weighted by atomic mass is 16.7. The summed E-state index contributed by atoms with van der Waals surface area (Å²) >= 11 is 0.